The number of hydrogen-bond donors (Lipinski definition) is 0. The summed E-state index contributed by atoms with van der Waals surface area (Å²) in [4.78, 5) is 14.2. The molecular weight excluding hydrogens is 246 g/mol. The number of rotatable bonds is 2. The van der Waals surface area contributed by atoms with Gasteiger partial charge in [-0.25, -0.2) is 0 Å². The summed E-state index contributed by atoms with van der Waals surface area (Å²) < 4.78 is 0. The molecule has 1 heterocycles. The first-order valence-electron chi connectivity index (χ1n) is 8.14. The Bertz CT molecular complexity index is 436. The average molecular weight is 271 g/mol. The fourth-order valence-electron chi connectivity index (χ4n) is 4.03. The van der Waals surface area contributed by atoms with Crippen LogP contribution in [0.1, 0.15) is 56.9 Å². The van der Waals surface area contributed by atoms with E-state index in [1.54, 1.807) is 0 Å². The Kier molecular flexibility index (Phi) is 4.21. The number of piperidine rings is 1. The van der Waals surface area contributed by atoms with Crippen molar-refractivity contribution in [2.45, 2.75) is 56.9 Å². The smallest absolute Gasteiger partial charge is 0.135 e. The van der Waals surface area contributed by atoms with Crippen LogP contribution in [0.15, 0.2) is 30.3 Å². The van der Waals surface area contributed by atoms with Crippen LogP contribution in [0.3, 0.4) is 0 Å². The van der Waals surface area contributed by atoms with E-state index in [9.17, 15) is 4.79 Å². The summed E-state index contributed by atoms with van der Waals surface area (Å²) in [5.41, 5.74) is 1.66. The van der Waals surface area contributed by atoms with Gasteiger partial charge in [0.2, 0.25) is 0 Å². The highest BCUT2D eigenvalue weighted by Gasteiger charge is 2.39. The topological polar surface area (TPSA) is 20.3 Å². The van der Waals surface area contributed by atoms with Crippen LogP contribution in [0.2, 0.25) is 0 Å². The van der Waals surface area contributed by atoms with Crippen molar-refractivity contribution < 1.29 is 4.79 Å². The second-order valence-corrected chi connectivity index (χ2v) is 6.34. The molecule has 0 unspecified atom stereocenters. The molecule has 108 valence electrons. The molecule has 20 heavy (non-hydrogen) atoms. The van der Waals surface area contributed by atoms with Crippen LogP contribution >= 0.6 is 0 Å². The van der Waals surface area contributed by atoms with Crippen LogP contribution in [-0.4, -0.2) is 23.8 Å². The minimum absolute atomic E-state index is 0.193. The molecule has 1 aliphatic heterocycles. The molecule has 2 nitrogen and oxygen atoms in total. The van der Waals surface area contributed by atoms with Gasteiger partial charge in [-0.3, -0.25) is 9.69 Å². The van der Waals surface area contributed by atoms with E-state index in [-0.39, 0.29) is 5.54 Å². The van der Waals surface area contributed by atoms with Crippen molar-refractivity contribution in [1.29, 1.82) is 0 Å². The first-order chi connectivity index (χ1) is 9.81. The molecule has 0 N–H and O–H groups in total. The molecular formula is C18H25NO. The molecule has 2 aliphatic rings. The van der Waals surface area contributed by atoms with E-state index in [0.717, 1.165) is 25.9 Å². The van der Waals surface area contributed by atoms with Crippen molar-refractivity contribution in [1.82, 2.24) is 4.90 Å². The molecule has 1 aromatic rings. The predicted molar refractivity (Wildman–Crippen MR) is 81.6 cm³/mol. The number of benzene rings is 1. The summed E-state index contributed by atoms with van der Waals surface area (Å²) in [6.07, 6.45) is 9.36. The lowest BCUT2D eigenvalue weighted by molar-refractivity contribution is -0.123. The maximum atomic E-state index is 11.6. The minimum atomic E-state index is 0.193. The summed E-state index contributed by atoms with van der Waals surface area (Å²) >= 11 is 0. The molecule has 3 rings (SSSR count). The third-order valence-electron chi connectivity index (χ3n) is 5.17. The zero-order valence-electron chi connectivity index (χ0n) is 12.3. The van der Waals surface area contributed by atoms with Gasteiger partial charge in [0.15, 0.2) is 0 Å². The molecule has 0 amide bonds. The van der Waals surface area contributed by atoms with Crippen LogP contribution in [0, 0.1) is 0 Å². The fourth-order valence-corrected chi connectivity index (χ4v) is 4.03. The summed E-state index contributed by atoms with van der Waals surface area (Å²) in [5.74, 6) is 0.443. The molecule has 0 aromatic heterocycles. The zero-order chi connectivity index (χ0) is 13.8. The van der Waals surface area contributed by atoms with Crippen molar-refractivity contribution in [3.05, 3.63) is 35.9 Å². The second-order valence-electron chi connectivity index (χ2n) is 6.34. The maximum absolute atomic E-state index is 11.6. The Balaban J connectivity index is 1.92. The van der Waals surface area contributed by atoms with E-state index in [4.69, 9.17) is 0 Å². The molecule has 2 fully saturated rings. The highest BCUT2D eigenvalue weighted by Crippen LogP contribution is 2.42. The molecule has 1 aromatic carbocycles. The van der Waals surface area contributed by atoms with Crippen LogP contribution in [0.5, 0.6) is 0 Å². The standard InChI is InChI=1S/C18H25NO/c20-17-10-14-19(15-11-17)18(12-6-1-2-7-13-18)16-8-4-3-5-9-16/h3-5,8-9H,1-2,6-7,10-15H2. The number of carbonyl (C=O) groups is 1. The number of Topliss-reactive ketones (excluding diaryl/α,β-unsaturated/α-hetero) is 1. The van der Waals surface area contributed by atoms with Crippen LogP contribution in [-0.2, 0) is 10.3 Å². The summed E-state index contributed by atoms with van der Waals surface area (Å²) in [7, 11) is 0. The van der Waals surface area contributed by atoms with Crippen molar-refractivity contribution in [2.24, 2.45) is 0 Å². The first-order valence-corrected chi connectivity index (χ1v) is 8.14. The van der Waals surface area contributed by atoms with E-state index in [1.807, 2.05) is 0 Å². The SMILES string of the molecule is O=C1CCN(C2(c3ccccc3)CCCCCC2)CC1. The fraction of sp³-hybridized carbons (Fsp3) is 0.611. The van der Waals surface area contributed by atoms with Gasteiger partial charge in [0.05, 0.1) is 0 Å². The lowest BCUT2D eigenvalue weighted by Gasteiger charge is -2.46. The second kappa shape index (κ2) is 6.09. The first kappa shape index (κ1) is 13.8. The summed E-state index contributed by atoms with van der Waals surface area (Å²) in [6, 6.07) is 11.0. The summed E-state index contributed by atoms with van der Waals surface area (Å²) in [5, 5.41) is 0. The van der Waals surface area contributed by atoms with E-state index >= 15 is 0 Å². The van der Waals surface area contributed by atoms with Gasteiger partial charge in [0, 0.05) is 31.5 Å². The van der Waals surface area contributed by atoms with E-state index < -0.39 is 0 Å². The molecule has 0 radical (unpaired) electrons. The molecule has 2 heteroatoms. The quantitative estimate of drug-likeness (QED) is 0.760. The van der Waals surface area contributed by atoms with Gasteiger partial charge in [0.25, 0.3) is 0 Å². The number of likely N-dealkylation sites (tertiary alicyclic amines) is 1. The van der Waals surface area contributed by atoms with Crippen molar-refractivity contribution in [2.75, 3.05) is 13.1 Å². The lowest BCUT2D eigenvalue weighted by atomic mass is 9.80. The number of ketones is 1. The highest BCUT2D eigenvalue weighted by molar-refractivity contribution is 5.79. The van der Waals surface area contributed by atoms with Crippen molar-refractivity contribution in [3.8, 4) is 0 Å². The van der Waals surface area contributed by atoms with Crippen LogP contribution < -0.4 is 0 Å². The Morgan fingerprint density at radius 3 is 2.05 bits per heavy atom. The number of hydrogen-bond acceptors (Lipinski definition) is 2. The van der Waals surface area contributed by atoms with Crippen LogP contribution in [0.4, 0.5) is 0 Å². The van der Waals surface area contributed by atoms with Gasteiger partial charge in [-0.2, -0.15) is 0 Å². The van der Waals surface area contributed by atoms with Gasteiger partial charge in [-0.05, 0) is 18.4 Å². The number of carbonyl (C=O) groups excluding carboxylic acids is 1. The molecule has 0 bridgehead atoms. The van der Waals surface area contributed by atoms with E-state index in [0.29, 0.717) is 5.78 Å². The molecule has 0 spiro atoms. The molecule has 1 saturated carbocycles. The van der Waals surface area contributed by atoms with Gasteiger partial charge < -0.3 is 0 Å². The third kappa shape index (κ3) is 2.67. The largest absolute Gasteiger partial charge is 0.300 e. The zero-order valence-corrected chi connectivity index (χ0v) is 12.3. The molecule has 1 aliphatic carbocycles. The lowest BCUT2D eigenvalue weighted by Crippen LogP contribution is -2.49. The normalized spacial score (nSPS) is 24.3. The van der Waals surface area contributed by atoms with Gasteiger partial charge in [-0.15, -0.1) is 0 Å². The van der Waals surface area contributed by atoms with Gasteiger partial charge in [0.1, 0.15) is 5.78 Å². The van der Waals surface area contributed by atoms with Gasteiger partial charge >= 0.3 is 0 Å². The molecule has 1 saturated heterocycles. The van der Waals surface area contributed by atoms with Crippen molar-refractivity contribution in [3.63, 3.8) is 0 Å². The summed E-state index contributed by atoms with van der Waals surface area (Å²) in [6.45, 7) is 1.90. The Morgan fingerprint density at radius 2 is 1.45 bits per heavy atom. The van der Waals surface area contributed by atoms with E-state index in [2.05, 4.69) is 35.2 Å². The van der Waals surface area contributed by atoms with E-state index in [1.165, 1.54) is 44.1 Å². The molecule has 0 atom stereocenters. The Hall–Kier alpha value is -1.15. The Morgan fingerprint density at radius 1 is 0.850 bits per heavy atom. The average Bonchev–Trinajstić information content (AvgIpc) is 2.76. The highest BCUT2D eigenvalue weighted by atomic mass is 16.1. The number of nitrogens with zero attached hydrogens (tertiary/aromatic N) is 1. The monoisotopic (exact) mass is 271 g/mol. The van der Waals surface area contributed by atoms with Crippen molar-refractivity contribution >= 4 is 5.78 Å². The minimum Gasteiger partial charge on any atom is -0.300 e. The van der Waals surface area contributed by atoms with Gasteiger partial charge in [-0.1, -0.05) is 56.0 Å². The van der Waals surface area contributed by atoms with Crippen LogP contribution in [0.25, 0.3) is 0 Å². The third-order valence-corrected chi connectivity index (χ3v) is 5.17. The maximum Gasteiger partial charge on any atom is 0.135 e. The Labute approximate surface area is 122 Å². The predicted octanol–water partition coefficient (Wildman–Crippen LogP) is 3.90.